The summed E-state index contributed by atoms with van der Waals surface area (Å²) in [4.78, 5) is 26.6. The maximum Gasteiger partial charge on any atom is 0.259 e. The molecule has 1 aliphatic carbocycles. The predicted octanol–water partition coefficient (Wildman–Crippen LogP) is -0.140. The second-order valence-electron chi connectivity index (χ2n) is 6.68. The molecule has 148 valence electrons. The zero-order valence-corrected chi connectivity index (χ0v) is 15.6. The largest absolute Gasteiger partial charge is 0.352 e. The van der Waals surface area contributed by atoms with Crippen molar-refractivity contribution in [3.8, 4) is 0 Å². The molecule has 1 unspecified atom stereocenters. The summed E-state index contributed by atoms with van der Waals surface area (Å²) in [6.45, 7) is 0.769. The van der Waals surface area contributed by atoms with E-state index < -0.39 is 27.9 Å². The Labute approximate surface area is 157 Å². The molecule has 1 saturated carbocycles. The average Bonchev–Trinajstić information content (AvgIpc) is 3.50. The van der Waals surface area contributed by atoms with Gasteiger partial charge in [-0.05, 0) is 43.5 Å². The molecular weight excluding hydrogens is 375 g/mol. The van der Waals surface area contributed by atoms with Crippen LogP contribution < -0.4 is 11.1 Å². The van der Waals surface area contributed by atoms with E-state index in [1.165, 1.54) is 4.90 Å². The number of nitrogens with zero attached hydrogens (tertiary/aromatic N) is 2. The summed E-state index contributed by atoms with van der Waals surface area (Å²) in [6, 6.07) is 4.41. The minimum atomic E-state index is -4.09. The number of hydrogen-bond donors (Lipinski definition) is 2. The molecular formula is C17H23FN4O4S. The summed E-state index contributed by atoms with van der Waals surface area (Å²) in [6.07, 6.45) is 0.641. The molecule has 0 aromatic heterocycles. The number of carbonyl (C=O) groups is 2. The Hall–Kier alpha value is -2.04. The number of halogens is 1. The minimum absolute atomic E-state index is 0.0921. The third-order valence-corrected chi connectivity index (χ3v) is 6.52. The van der Waals surface area contributed by atoms with Gasteiger partial charge < -0.3 is 16.0 Å². The van der Waals surface area contributed by atoms with Crippen molar-refractivity contribution in [3.05, 3.63) is 30.1 Å². The first-order chi connectivity index (χ1) is 12.9. The number of nitrogens with two attached hydrogens (primary N) is 1. The fourth-order valence-electron chi connectivity index (χ4n) is 3.14. The second-order valence-corrected chi connectivity index (χ2v) is 8.57. The van der Waals surface area contributed by atoms with Crippen LogP contribution in [0, 0.1) is 11.7 Å². The lowest BCUT2D eigenvalue weighted by molar-refractivity contribution is -0.148. The molecule has 3 N–H and O–H groups in total. The Balaban J connectivity index is 1.95. The lowest BCUT2D eigenvalue weighted by atomic mass is 10.2. The fraction of sp³-hybridized carbons (Fsp3) is 0.529. The van der Waals surface area contributed by atoms with Gasteiger partial charge in [-0.15, -0.1) is 0 Å². The van der Waals surface area contributed by atoms with Gasteiger partial charge in [0.05, 0.1) is 4.90 Å². The molecule has 8 nitrogen and oxygen atoms in total. The maximum absolute atomic E-state index is 13.2. The third-order valence-electron chi connectivity index (χ3n) is 4.65. The van der Waals surface area contributed by atoms with E-state index in [1.807, 2.05) is 0 Å². The summed E-state index contributed by atoms with van der Waals surface area (Å²) in [5, 5.41) is 2.58. The van der Waals surface area contributed by atoms with E-state index in [1.54, 1.807) is 0 Å². The molecule has 1 aliphatic heterocycles. The molecule has 0 bridgehead atoms. The fourth-order valence-corrected chi connectivity index (χ4v) is 4.74. The van der Waals surface area contributed by atoms with Crippen LogP contribution in [0.2, 0.25) is 0 Å². The summed E-state index contributed by atoms with van der Waals surface area (Å²) in [5.74, 6) is -1.50. The number of sulfonamides is 1. The van der Waals surface area contributed by atoms with E-state index in [0.29, 0.717) is 13.0 Å². The van der Waals surface area contributed by atoms with Crippen molar-refractivity contribution in [1.82, 2.24) is 14.5 Å². The Morgan fingerprint density at radius 2 is 1.85 bits per heavy atom. The van der Waals surface area contributed by atoms with E-state index >= 15 is 0 Å². The Bertz CT molecular complexity index is 811. The molecule has 2 fully saturated rings. The van der Waals surface area contributed by atoms with Gasteiger partial charge in [0.25, 0.3) is 5.91 Å². The first-order valence-electron chi connectivity index (χ1n) is 8.92. The van der Waals surface area contributed by atoms with Crippen molar-refractivity contribution in [3.63, 3.8) is 0 Å². The predicted molar refractivity (Wildman–Crippen MR) is 95.2 cm³/mol. The van der Waals surface area contributed by atoms with Gasteiger partial charge in [-0.1, -0.05) is 0 Å². The molecule has 3 rings (SSSR count). The zero-order valence-electron chi connectivity index (χ0n) is 14.8. The number of amides is 2. The van der Waals surface area contributed by atoms with Crippen LogP contribution in [0.4, 0.5) is 4.39 Å². The zero-order chi connectivity index (χ0) is 19.6. The van der Waals surface area contributed by atoms with Crippen LogP contribution in [0.3, 0.4) is 0 Å². The highest BCUT2D eigenvalue weighted by atomic mass is 32.2. The van der Waals surface area contributed by atoms with Crippen LogP contribution in [-0.4, -0.2) is 61.8 Å². The van der Waals surface area contributed by atoms with Crippen molar-refractivity contribution in [1.29, 1.82) is 0 Å². The normalized spacial score (nSPS) is 21.1. The molecule has 10 heteroatoms. The van der Waals surface area contributed by atoms with E-state index in [2.05, 4.69) is 5.32 Å². The van der Waals surface area contributed by atoms with Crippen molar-refractivity contribution >= 4 is 21.8 Å². The highest BCUT2D eigenvalue weighted by Crippen LogP contribution is 2.34. The summed E-state index contributed by atoms with van der Waals surface area (Å²) in [7, 11) is -4.09. The molecule has 0 spiro atoms. The van der Waals surface area contributed by atoms with Gasteiger partial charge in [-0.25, -0.2) is 12.8 Å². The highest BCUT2D eigenvalue weighted by molar-refractivity contribution is 7.89. The Morgan fingerprint density at radius 3 is 2.44 bits per heavy atom. The van der Waals surface area contributed by atoms with Crippen molar-refractivity contribution in [2.45, 2.75) is 30.3 Å². The van der Waals surface area contributed by atoms with Crippen LogP contribution in [-0.2, 0) is 19.6 Å². The number of hydrogen-bond acceptors (Lipinski definition) is 5. The van der Waals surface area contributed by atoms with E-state index in [4.69, 9.17) is 5.73 Å². The quantitative estimate of drug-likeness (QED) is 0.693. The van der Waals surface area contributed by atoms with E-state index in [9.17, 15) is 22.4 Å². The van der Waals surface area contributed by atoms with Crippen molar-refractivity contribution in [2.75, 3.05) is 26.2 Å². The number of carbonyl (C=O) groups excluding carboxylic acids is 2. The van der Waals surface area contributed by atoms with E-state index in [-0.39, 0.29) is 36.4 Å². The van der Waals surface area contributed by atoms with Gasteiger partial charge in [0, 0.05) is 32.1 Å². The Kier molecular flexibility index (Phi) is 5.78. The monoisotopic (exact) mass is 398 g/mol. The number of nitrogens with one attached hydrogen (secondary N) is 1. The van der Waals surface area contributed by atoms with Crippen LogP contribution in [0.25, 0.3) is 0 Å². The van der Waals surface area contributed by atoms with Crippen LogP contribution in [0.5, 0.6) is 0 Å². The third kappa shape index (κ3) is 4.12. The Morgan fingerprint density at radius 1 is 1.19 bits per heavy atom. The smallest absolute Gasteiger partial charge is 0.259 e. The lowest BCUT2D eigenvalue weighted by Crippen LogP contribution is -2.63. The maximum atomic E-state index is 13.2. The molecule has 1 aromatic rings. The summed E-state index contributed by atoms with van der Waals surface area (Å²) in [5.41, 5.74) is 5.42. The topological polar surface area (TPSA) is 113 Å². The summed E-state index contributed by atoms with van der Waals surface area (Å²) < 4.78 is 40.4. The van der Waals surface area contributed by atoms with Gasteiger partial charge in [0.2, 0.25) is 15.9 Å². The van der Waals surface area contributed by atoms with Crippen molar-refractivity contribution < 1.29 is 22.4 Å². The first-order valence-corrected chi connectivity index (χ1v) is 10.4. The van der Waals surface area contributed by atoms with E-state index in [0.717, 1.165) is 41.4 Å². The second kappa shape index (κ2) is 7.91. The van der Waals surface area contributed by atoms with Gasteiger partial charge in [-0.2, -0.15) is 4.31 Å². The van der Waals surface area contributed by atoms with Gasteiger partial charge in [0.1, 0.15) is 5.82 Å². The molecule has 2 amide bonds. The van der Waals surface area contributed by atoms with Crippen LogP contribution in [0.1, 0.15) is 19.3 Å². The molecule has 1 atom stereocenters. The number of rotatable bonds is 6. The van der Waals surface area contributed by atoms with Gasteiger partial charge in [0.15, 0.2) is 6.17 Å². The first kappa shape index (κ1) is 19.7. The molecule has 1 saturated heterocycles. The molecule has 2 aliphatic rings. The molecule has 27 heavy (non-hydrogen) atoms. The van der Waals surface area contributed by atoms with Crippen LogP contribution >= 0.6 is 0 Å². The highest BCUT2D eigenvalue weighted by Gasteiger charge is 2.46. The number of benzene rings is 1. The average molecular weight is 398 g/mol. The van der Waals surface area contributed by atoms with Gasteiger partial charge in [-0.3, -0.25) is 9.59 Å². The van der Waals surface area contributed by atoms with Crippen LogP contribution in [0.15, 0.2) is 29.2 Å². The SMILES string of the molecule is NCCNC(=O)C1N(C(=O)C2CC2)CCCN1S(=O)(=O)c1ccc(F)cc1. The minimum Gasteiger partial charge on any atom is -0.352 e. The summed E-state index contributed by atoms with van der Waals surface area (Å²) >= 11 is 0. The molecule has 0 radical (unpaired) electrons. The standard InChI is InChI=1S/C17H23FN4O4S/c18-13-4-6-14(7-5-13)27(25,26)22-11-1-10-21(17(24)12-2-3-12)16(22)15(23)20-9-8-19/h4-7,12,16H,1-3,8-11,19H2,(H,20,23). The lowest BCUT2D eigenvalue weighted by Gasteiger charge is -2.42. The molecule has 1 heterocycles. The van der Waals surface area contributed by atoms with Crippen molar-refractivity contribution in [2.24, 2.45) is 11.7 Å². The molecule has 1 aromatic carbocycles. The van der Waals surface area contributed by atoms with Gasteiger partial charge >= 0.3 is 0 Å².